The maximum absolute atomic E-state index is 4.30. The Balaban J connectivity index is 3.14. The summed E-state index contributed by atoms with van der Waals surface area (Å²) in [5.74, 6) is 1.59. The minimum absolute atomic E-state index is 0.716. The quantitative estimate of drug-likeness (QED) is 0.317. The van der Waals surface area contributed by atoms with E-state index in [1.54, 1.807) is 0 Å². The molecule has 0 amide bonds. The van der Waals surface area contributed by atoms with E-state index in [0.29, 0.717) is 5.92 Å². The summed E-state index contributed by atoms with van der Waals surface area (Å²) in [5, 5.41) is 0. The fourth-order valence-electron chi connectivity index (χ4n) is 2.52. The van der Waals surface area contributed by atoms with Crippen LogP contribution in [0.2, 0.25) is 0 Å². The van der Waals surface area contributed by atoms with E-state index in [9.17, 15) is 0 Å². The predicted molar refractivity (Wildman–Crippen MR) is 84.8 cm³/mol. The molecule has 0 fully saturated rings. The second kappa shape index (κ2) is 13.4. The lowest BCUT2D eigenvalue weighted by molar-refractivity contribution is 0.449. The Labute approximate surface area is 117 Å². The summed E-state index contributed by atoms with van der Waals surface area (Å²) < 4.78 is 0. The summed E-state index contributed by atoms with van der Waals surface area (Å²) in [4.78, 5) is 0. The first kappa shape index (κ1) is 18.0. The van der Waals surface area contributed by atoms with Gasteiger partial charge in [0.1, 0.15) is 0 Å². The number of hydrogen-bond donors (Lipinski definition) is 0. The zero-order chi connectivity index (χ0) is 13.6. The van der Waals surface area contributed by atoms with Gasteiger partial charge < -0.3 is 0 Å². The predicted octanol–water partition coefficient (Wildman–Crippen LogP) is 6.79. The van der Waals surface area contributed by atoms with Gasteiger partial charge in [-0.25, -0.2) is 0 Å². The van der Waals surface area contributed by atoms with E-state index in [1.807, 2.05) is 0 Å². The van der Waals surface area contributed by atoms with Gasteiger partial charge in [-0.05, 0) is 11.8 Å². The molecule has 0 rings (SSSR count). The Bertz CT molecular complexity index is 148. The van der Waals surface area contributed by atoms with Gasteiger partial charge in [0.2, 0.25) is 0 Å². The van der Waals surface area contributed by atoms with Crippen molar-refractivity contribution in [1.82, 2.24) is 0 Å². The highest BCUT2D eigenvalue weighted by Gasteiger charge is 2.02. The highest BCUT2D eigenvalue weighted by molar-refractivity contribution is 4.62. The normalized spacial score (nSPS) is 13.2. The van der Waals surface area contributed by atoms with E-state index in [4.69, 9.17) is 0 Å². The summed E-state index contributed by atoms with van der Waals surface area (Å²) in [5.41, 5.74) is 0. The molecule has 109 valence electrons. The van der Waals surface area contributed by atoms with Gasteiger partial charge in [0.05, 0.1) is 0 Å². The molecule has 0 aromatic heterocycles. The first-order valence-electron chi connectivity index (χ1n) is 8.49. The van der Waals surface area contributed by atoms with E-state index in [1.165, 1.54) is 77.0 Å². The lowest BCUT2D eigenvalue weighted by Crippen LogP contribution is -1.96. The Hall–Kier alpha value is 0. The maximum atomic E-state index is 4.30. The van der Waals surface area contributed by atoms with Crippen molar-refractivity contribution < 1.29 is 0 Å². The lowest BCUT2D eigenvalue weighted by Gasteiger charge is -2.11. The molecule has 1 atom stereocenters. The van der Waals surface area contributed by atoms with Crippen LogP contribution in [0.4, 0.5) is 0 Å². The van der Waals surface area contributed by atoms with Crippen LogP contribution in [0.3, 0.4) is 0 Å². The van der Waals surface area contributed by atoms with Crippen molar-refractivity contribution in [2.75, 3.05) is 0 Å². The Morgan fingerprint density at radius 1 is 0.667 bits per heavy atom. The molecule has 0 aliphatic carbocycles. The van der Waals surface area contributed by atoms with Gasteiger partial charge in [-0.1, -0.05) is 105 Å². The summed E-state index contributed by atoms with van der Waals surface area (Å²) >= 11 is 0. The Morgan fingerprint density at radius 3 is 1.67 bits per heavy atom. The van der Waals surface area contributed by atoms with Crippen LogP contribution in [0.5, 0.6) is 0 Å². The van der Waals surface area contributed by atoms with E-state index >= 15 is 0 Å². The zero-order valence-electron chi connectivity index (χ0n) is 13.3. The summed E-state index contributed by atoms with van der Waals surface area (Å²) in [6.07, 6.45) is 16.9. The molecule has 1 unspecified atom stereocenters. The van der Waals surface area contributed by atoms with Gasteiger partial charge in [0.25, 0.3) is 0 Å². The molecule has 0 spiro atoms. The van der Waals surface area contributed by atoms with Gasteiger partial charge >= 0.3 is 0 Å². The minimum atomic E-state index is 0.716. The fraction of sp³-hybridized carbons (Fsp3) is 0.944. The van der Waals surface area contributed by atoms with Gasteiger partial charge in [0, 0.05) is 0 Å². The SMILES string of the molecule is [CH2]C(CCCCCCCCC)CCCCC(C)C. The van der Waals surface area contributed by atoms with Crippen LogP contribution in [0.15, 0.2) is 0 Å². The smallest absolute Gasteiger partial charge is 0.0414 e. The molecule has 1 radical (unpaired) electrons. The third-order valence-electron chi connectivity index (χ3n) is 3.86. The molecule has 0 aliphatic heterocycles. The molecule has 0 bridgehead atoms. The molecule has 0 saturated heterocycles. The standard InChI is InChI=1S/C18H37/c1-5-6-7-8-9-10-11-15-18(4)16-13-12-14-17(2)3/h17-18H,4-16H2,1-3H3. The van der Waals surface area contributed by atoms with Crippen molar-refractivity contribution >= 4 is 0 Å². The molecule has 0 N–H and O–H groups in total. The van der Waals surface area contributed by atoms with Gasteiger partial charge in [0.15, 0.2) is 0 Å². The first-order chi connectivity index (χ1) is 8.66. The Kier molecular flexibility index (Phi) is 13.4. The third kappa shape index (κ3) is 14.1. The van der Waals surface area contributed by atoms with Crippen LogP contribution < -0.4 is 0 Å². The first-order valence-corrected chi connectivity index (χ1v) is 8.49. The minimum Gasteiger partial charge on any atom is -0.0654 e. The van der Waals surface area contributed by atoms with E-state index in [-0.39, 0.29) is 0 Å². The van der Waals surface area contributed by atoms with Crippen LogP contribution in [0, 0.1) is 18.8 Å². The molecular weight excluding hydrogens is 216 g/mol. The van der Waals surface area contributed by atoms with Crippen molar-refractivity contribution in [2.45, 2.75) is 97.8 Å². The molecule has 0 aromatic carbocycles. The van der Waals surface area contributed by atoms with Crippen molar-refractivity contribution in [2.24, 2.45) is 11.8 Å². The third-order valence-corrected chi connectivity index (χ3v) is 3.86. The van der Waals surface area contributed by atoms with Crippen molar-refractivity contribution in [3.63, 3.8) is 0 Å². The molecule has 0 heterocycles. The fourth-order valence-corrected chi connectivity index (χ4v) is 2.52. The average Bonchev–Trinajstić information content (AvgIpc) is 2.33. The molecule has 0 saturated carbocycles. The van der Waals surface area contributed by atoms with Crippen LogP contribution >= 0.6 is 0 Å². The molecule has 18 heavy (non-hydrogen) atoms. The summed E-state index contributed by atoms with van der Waals surface area (Å²) in [6.45, 7) is 11.2. The van der Waals surface area contributed by atoms with Gasteiger partial charge in [-0.3, -0.25) is 0 Å². The summed E-state index contributed by atoms with van der Waals surface area (Å²) in [6, 6.07) is 0. The summed E-state index contributed by atoms with van der Waals surface area (Å²) in [7, 11) is 0. The van der Waals surface area contributed by atoms with Crippen molar-refractivity contribution in [1.29, 1.82) is 0 Å². The average molecular weight is 253 g/mol. The number of rotatable bonds is 13. The monoisotopic (exact) mass is 253 g/mol. The number of hydrogen-bond acceptors (Lipinski definition) is 0. The van der Waals surface area contributed by atoms with E-state index in [2.05, 4.69) is 27.7 Å². The molecule has 0 aliphatic rings. The van der Waals surface area contributed by atoms with E-state index in [0.717, 1.165) is 5.92 Å². The molecule has 0 aromatic rings. The maximum Gasteiger partial charge on any atom is -0.0414 e. The van der Waals surface area contributed by atoms with Gasteiger partial charge in [-0.2, -0.15) is 0 Å². The largest absolute Gasteiger partial charge is 0.0654 e. The lowest BCUT2D eigenvalue weighted by atomic mass is 9.95. The molecule has 0 heteroatoms. The van der Waals surface area contributed by atoms with Crippen LogP contribution in [-0.4, -0.2) is 0 Å². The highest BCUT2D eigenvalue weighted by atomic mass is 14.1. The topological polar surface area (TPSA) is 0 Å². The highest BCUT2D eigenvalue weighted by Crippen LogP contribution is 2.18. The second-order valence-corrected chi connectivity index (χ2v) is 6.45. The molecule has 0 nitrogen and oxygen atoms in total. The zero-order valence-corrected chi connectivity index (χ0v) is 13.3. The van der Waals surface area contributed by atoms with E-state index < -0.39 is 0 Å². The molecular formula is C18H37. The van der Waals surface area contributed by atoms with Crippen LogP contribution in [0.25, 0.3) is 0 Å². The van der Waals surface area contributed by atoms with Crippen LogP contribution in [-0.2, 0) is 0 Å². The van der Waals surface area contributed by atoms with Crippen molar-refractivity contribution in [3.05, 3.63) is 6.92 Å². The van der Waals surface area contributed by atoms with Crippen molar-refractivity contribution in [3.8, 4) is 0 Å². The second-order valence-electron chi connectivity index (χ2n) is 6.45. The van der Waals surface area contributed by atoms with Crippen LogP contribution in [0.1, 0.15) is 97.8 Å². The Morgan fingerprint density at radius 2 is 1.11 bits per heavy atom. The van der Waals surface area contributed by atoms with Gasteiger partial charge in [-0.15, -0.1) is 0 Å². The number of unbranched alkanes of at least 4 members (excludes halogenated alkanes) is 7.